The number of methoxy groups -OCH3 is 2. The number of alkyl carbamates (subject to hydrolysis) is 1. The molecule has 11 nitrogen and oxygen atoms in total. The molecule has 0 radical (unpaired) electrons. The van der Waals surface area contributed by atoms with Crippen molar-refractivity contribution < 1.29 is 28.5 Å². The van der Waals surface area contributed by atoms with Crippen molar-refractivity contribution in [1.29, 1.82) is 0 Å². The van der Waals surface area contributed by atoms with Gasteiger partial charge in [-0.2, -0.15) is 4.98 Å². The summed E-state index contributed by atoms with van der Waals surface area (Å²) < 4.78 is 22.2. The number of aromatic nitrogens is 2. The van der Waals surface area contributed by atoms with Crippen LogP contribution in [0.2, 0.25) is 0 Å². The van der Waals surface area contributed by atoms with E-state index in [2.05, 4.69) is 26.7 Å². The van der Waals surface area contributed by atoms with Gasteiger partial charge in [0, 0.05) is 37.1 Å². The van der Waals surface area contributed by atoms with Gasteiger partial charge in [-0.3, -0.25) is 4.79 Å². The Labute approximate surface area is 240 Å². The second kappa shape index (κ2) is 13.2. The van der Waals surface area contributed by atoms with Crippen LogP contribution >= 0.6 is 0 Å². The number of para-hydroxylation sites is 1. The van der Waals surface area contributed by atoms with Gasteiger partial charge in [0.25, 0.3) is 5.91 Å². The highest BCUT2D eigenvalue weighted by molar-refractivity contribution is 5.96. The molecule has 2 heterocycles. The lowest BCUT2D eigenvalue weighted by Crippen LogP contribution is -2.34. The Morgan fingerprint density at radius 3 is 2.56 bits per heavy atom. The molecule has 11 heteroatoms. The number of amides is 2. The molecule has 1 aliphatic heterocycles. The summed E-state index contributed by atoms with van der Waals surface area (Å²) in [6.07, 6.45) is 2.36. The predicted molar refractivity (Wildman–Crippen MR) is 154 cm³/mol. The van der Waals surface area contributed by atoms with Gasteiger partial charge in [0.2, 0.25) is 11.8 Å². The maximum atomic E-state index is 13.2. The van der Waals surface area contributed by atoms with Crippen molar-refractivity contribution in [1.82, 2.24) is 20.6 Å². The van der Waals surface area contributed by atoms with E-state index >= 15 is 0 Å². The van der Waals surface area contributed by atoms with Gasteiger partial charge in [-0.25, -0.2) is 9.78 Å². The van der Waals surface area contributed by atoms with Crippen molar-refractivity contribution in [2.75, 3.05) is 38.8 Å². The molecule has 2 aromatic carbocycles. The summed E-state index contributed by atoms with van der Waals surface area (Å²) in [4.78, 5) is 36.2. The third-order valence-corrected chi connectivity index (χ3v) is 6.27. The highest BCUT2D eigenvalue weighted by Crippen LogP contribution is 2.34. The highest BCUT2D eigenvalue weighted by Gasteiger charge is 2.25. The van der Waals surface area contributed by atoms with Crippen molar-refractivity contribution in [2.45, 2.75) is 45.8 Å². The fourth-order valence-corrected chi connectivity index (χ4v) is 4.33. The van der Waals surface area contributed by atoms with E-state index < -0.39 is 11.7 Å². The van der Waals surface area contributed by atoms with E-state index in [1.165, 1.54) is 11.8 Å². The molecule has 218 valence electrons. The molecular weight excluding hydrogens is 526 g/mol. The molecule has 0 saturated carbocycles. The summed E-state index contributed by atoms with van der Waals surface area (Å²) in [5, 5.41) is 5.54. The number of nitrogens with one attached hydrogen (secondary N) is 2. The Kier molecular flexibility index (Phi) is 9.49. The summed E-state index contributed by atoms with van der Waals surface area (Å²) >= 11 is 0. The number of carbonyl (C=O) groups is 2. The van der Waals surface area contributed by atoms with Gasteiger partial charge in [0.05, 0.1) is 14.2 Å². The van der Waals surface area contributed by atoms with Crippen LogP contribution in [0.25, 0.3) is 0 Å². The summed E-state index contributed by atoms with van der Waals surface area (Å²) in [5.74, 6) is 1.48. The van der Waals surface area contributed by atoms with Crippen molar-refractivity contribution >= 4 is 23.6 Å². The van der Waals surface area contributed by atoms with Crippen molar-refractivity contribution in [2.24, 2.45) is 0 Å². The first-order valence-electron chi connectivity index (χ1n) is 13.5. The Morgan fingerprint density at radius 2 is 1.80 bits per heavy atom. The van der Waals surface area contributed by atoms with E-state index in [9.17, 15) is 9.59 Å². The SMILES string of the molecule is COc1ccc(OC)c(COc2nc(N3CCc4ccccc43)ncc2C(=O)NCCCNC(=O)OC(C)(C)C)c1. The number of rotatable bonds is 11. The van der Waals surface area contributed by atoms with Gasteiger partial charge in [-0.15, -0.1) is 0 Å². The van der Waals surface area contributed by atoms with E-state index in [-0.39, 0.29) is 24.0 Å². The van der Waals surface area contributed by atoms with Crippen molar-refractivity contribution in [3.8, 4) is 17.4 Å². The maximum Gasteiger partial charge on any atom is 0.407 e. The zero-order chi connectivity index (χ0) is 29.4. The minimum atomic E-state index is -0.576. The minimum absolute atomic E-state index is 0.0908. The van der Waals surface area contributed by atoms with E-state index in [1.54, 1.807) is 47.1 Å². The lowest BCUT2D eigenvalue weighted by atomic mass is 10.2. The molecule has 0 bridgehead atoms. The molecule has 0 unspecified atom stereocenters. The fourth-order valence-electron chi connectivity index (χ4n) is 4.33. The molecule has 0 fully saturated rings. The van der Waals surface area contributed by atoms with Crippen LogP contribution in [0.15, 0.2) is 48.7 Å². The number of hydrogen-bond acceptors (Lipinski definition) is 9. The highest BCUT2D eigenvalue weighted by atomic mass is 16.6. The monoisotopic (exact) mass is 563 g/mol. The quantitative estimate of drug-likeness (QED) is 0.327. The molecule has 3 aromatic rings. The topological polar surface area (TPSA) is 124 Å². The predicted octanol–water partition coefficient (Wildman–Crippen LogP) is 4.41. The molecule has 0 spiro atoms. The molecule has 1 aliphatic rings. The van der Waals surface area contributed by atoms with Crippen molar-refractivity contribution in [3.63, 3.8) is 0 Å². The molecule has 41 heavy (non-hydrogen) atoms. The van der Waals surface area contributed by atoms with Gasteiger partial charge >= 0.3 is 6.09 Å². The largest absolute Gasteiger partial charge is 0.497 e. The van der Waals surface area contributed by atoms with Crippen LogP contribution in [-0.4, -0.2) is 61.4 Å². The van der Waals surface area contributed by atoms with Crippen LogP contribution < -0.4 is 29.7 Å². The molecule has 1 aromatic heterocycles. The van der Waals surface area contributed by atoms with E-state index in [0.717, 1.165) is 24.2 Å². The molecular formula is C30H37N5O6. The van der Waals surface area contributed by atoms with Gasteiger partial charge in [-0.1, -0.05) is 18.2 Å². The number of carbonyl (C=O) groups excluding carboxylic acids is 2. The van der Waals surface area contributed by atoms with Crippen LogP contribution in [0, 0.1) is 0 Å². The Morgan fingerprint density at radius 1 is 1.02 bits per heavy atom. The molecule has 4 rings (SSSR count). The summed E-state index contributed by atoms with van der Waals surface area (Å²) in [6, 6.07) is 13.5. The number of fused-ring (bicyclic) bond motifs is 1. The number of anilines is 2. The lowest BCUT2D eigenvalue weighted by Gasteiger charge is -2.20. The smallest absolute Gasteiger partial charge is 0.407 e. The average Bonchev–Trinajstić information content (AvgIpc) is 3.38. The van der Waals surface area contributed by atoms with E-state index in [1.807, 2.05) is 29.2 Å². The molecule has 0 aliphatic carbocycles. The Hall–Kier alpha value is -4.54. The number of hydrogen-bond donors (Lipinski definition) is 2. The van der Waals surface area contributed by atoms with E-state index in [4.69, 9.17) is 18.9 Å². The first-order chi connectivity index (χ1) is 19.7. The third kappa shape index (κ3) is 7.77. The van der Waals surface area contributed by atoms with Gasteiger partial charge in [0.1, 0.15) is 29.3 Å². The first-order valence-corrected chi connectivity index (χ1v) is 13.5. The summed E-state index contributed by atoms with van der Waals surface area (Å²) in [6.45, 7) is 6.87. The van der Waals surface area contributed by atoms with Gasteiger partial charge in [0.15, 0.2) is 0 Å². The Balaban J connectivity index is 1.49. The van der Waals surface area contributed by atoms with Crippen LogP contribution in [0.4, 0.5) is 16.4 Å². The maximum absolute atomic E-state index is 13.2. The number of benzene rings is 2. The first kappa shape index (κ1) is 29.4. The van der Waals surface area contributed by atoms with Gasteiger partial charge in [-0.05, 0) is 63.4 Å². The van der Waals surface area contributed by atoms with Crippen molar-refractivity contribution in [3.05, 3.63) is 65.4 Å². The molecule has 2 N–H and O–H groups in total. The average molecular weight is 564 g/mol. The fraction of sp³-hybridized carbons (Fsp3) is 0.400. The molecule has 0 saturated heterocycles. The summed E-state index contributed by atoms with van der Waals surface area (Å²) in [7, 11) is 3.16. The lowest BCUT2D eigenvalue weighted by molar-refractivity contribution is 0.0527. The Bertz CT molecular complexity index is 1370. The zero-order valence-electron chi connectivity index (χ0n) is 24.2. The van der Waals surface area contributed by atoms with Crippen LogP contribution in [0.1, 0.15) is 48.7 Å². The van der Waals surface area contributed by atoms with E-state index in [0.29, 0.717) is 37.0 Å². The minimum Gasteiger partial charge on any atom is -0.497 e. The molecule has 0 atom stereocenters. The second-order valence-electron chi connectivity index (χ2n) is 10.4. The van der Waals surface area contributed by atoms with Crippen LogP contribution in [-0.2, 0) is 17.8 Å². The zero-order valence-corrected chi connectivity index (χ0v) is 24.2. The third-order valence-electron chi connectivity index (χ3n) is 6.27. The summed E-state index contributed by atoms with van der Waals surface area (Å²) in [5.41, 5.74) is 2.60. The van der Waals surface area contributed by atoms with Crippen LogP contribution in [0.3, 0.4) is 0 Å². The second-order valence-corrected chi connectivity index (χ2v) is 10.4. The van der Waals surface area contributed by atoms with Gasteiger partial charge < -0.3 is 34.5 Å². The number of ether oxygens (including phenoxy) is 4. The normalized spacial score (nSPS) is 12.4. The number of nitrogens with zero attached hydrogens (tertiary/aromatic N) is 3. The van der Waals surface area contributed by atoms with Crippen LogP contribution in [0.5, 0.6) is 17.4 Å². The standard InChI is InChI=1S/C30H37N5O6/c1-30(2,3)41-29(37)32-15-8-14-31-26(36)23-18-33-28(35-16-13-20-9-6-7-10-24(20)35)34-27(23)40-19-21-17-22(38-4)11-12-25(21)39-5/h6-7,9-12,17-18H,8,13-16,19H2,1-5H3,(H,31,36)(H,32,37). The molecule has 2 amide bonds.